The number of ether oxygens (including phenoxy) is 1. The SMILES string of the molecule is C=CCNC(=O)NC1CCC(Oc2ccc(C)cn2)CC1. The summed E-state index contributed by atoms with van der Waals surface area (Å²) in [5, 5.41) is 5.70. The minimum atomic E-state index is -0.125. The quantitative estimate of drug-likeness (QED) is 0.819. The van der Waals surface area contributed by atoms with E-state index in [9.17, 15) is 4.79 Å². The highest BCUT2D eigenvalue weighted by atomic mass is 16.5. The molecule has 1 heterocycles. The number of amides is 2. The second-order valence-corrected chi connectivity index (χ2v) is 5.41. The minimum absolute atomic E-state index is 0.125. The van der Waals surface area contributed by atoms with E-state index in [1.165, 1.54) is 0 Å². The number of hydrogen-bond donors (Lipinski definition) is 2. The van der Waals surface area contributed by atoms with Gasteiger partial charge < -0.3 is 15.4 Å². The fourth-order valence-corrected chi connectivity index (χ4v) is 2.42. The second kappa shape index (κ2) is 7.67. The molecule has 1 aromatic heterocycles. The van der Waals surface area contributed by atoms with Crippen LogP contribution < -0.4 is 15.4 Å². The van der Waals surface area contributed by atoms with E-state index in [0.717, 1.165) is 31.2 Å². The maximum Gasteiger partial charge on any atom is 0.315 e. The van der Waals surface area contributed by atoms with Crippen molar-refractivity contribution in [3.8, 4) is 5.88 Å². The first-order valence-electron chi connectivity index (χ1n) is 7.42. The maximum atomic E-state index is 11.6. The normalized spacial score (nSPS) is 21.4. The van der Waals surface area contributed by atoms with Crippen molar-refractivity contribution in [1.29, 1.82) is 0 Å². The number of carbonyl (C=O) groups excluding carboxylic acids is 1. The lowest BCUT2D eigenvalue weighted by molar-refractivity contribution is 0.135. The molecule has 2 amide bonds. The lowest BCUT2D eigenvalue weighted by atomic mass is 9.93. The number of carbonyl (C=O) groups is 1. The van der Waals surface area contributed by atoms with E-state index in [1.54, 1.807) is 6.08 Å². The molecule has 114 valence electrons. The highest BCUT2D eigenvalue weighted by Gasteiger charge is 2.23. The molecule has 0 saturated heterocycles. The van der Waals surface area contributed by atoms with Gasteiger partial charge in [0.1, 0.15) is 6.10 Å². The second-order valence-electron chi connectivity index (χ2n) is 5.41. The zero-order chi connectivity index (χ0) is 15.1. The first kappa shape index (κ1) is 15.4. The van der Waals surface area contributed by atoms with Gasteiger partial charge in [-0.25, -0.2) is 9.78 Å². The van der Waals surface area contributed by atoms with Gasteiger partial charge in [-0.1, -0.05) is 12.1 Å². The fraction of sp³-hybridized carbons (Fsp3) is 0.500. The standard InChI is InChI=1S/C16H23N3O2/c1-3-10-17-16(20)19-13-5-7-14(8-6-13)21-15-9-4-12(2)11-18-15/h3-4,9,11,13-14H,1,5-8,10H2,2H3,(H2,17,19,20). The summed E-state index contributed by atoms with van der Waals surface area (Å²) < 4.78 is 5.88. The van der Waals surface area contributed by atoms with E-state index < -0.39 is 0 Å². The van der Waals surface area contributed by atoms with Gasteiger partial charge in [-0.15, -0.1) is 6.58 Å². The lowest BCUT2D eigenvalue weighted by Gasteiger charge is -2.29. The molecule has 1 aliphatic rings. The lowest BCUT2D eigenvalue weighted by Crippen LogP contribution is -2.44. The summed E-state index contributed by atoms with van der Waals surface area (Å²) in [6, 6.07) is 4.00. The Balaban J connectivity index is 1.71. The topological polar surface area (TPSA) is 63.2 Å². The molecule has 5 nitrogen and oxygen atoms in total. The molecule has 0 unspecified atom stereocenters. The van der Waals surface area contributed by atoms with Gasteiger partial charge in [0.2, 0.25) is 5.88 Å². The maximum absolute atomic E-state index is 11.6. The molecule has 1 aromatic rings. The summed E-state index contributed by atoms with van der Waals surface area (Å²) in [5.41, 5.74) is 1.13. The van der Waals surface area contributed by atoms with Crippen molar-refractivity contribution in [1.82, 2.24) is 15.6 Å². The Morgan fingerprint density at radius 2 is 2.19 bits per heavy atom. The van der Waals surface area contributed by atoms with Gasteiger partial charge in [-0.05, 0) is 38.2 Å². The van der Waals surface area contributed by atoms with Crippen LogP contribution in [0.25, 0.3) is 0 Å². The molecule has 0 bridgehead atoms. The number of urea groups is 1. The van der Waals surface area contributed by atoms with Gasteiger partial charge in [0.15, 0.2) is 0 Å². The minimum Gasteiger partial charge on any atom is -0.474 e. The van der Waals surface area contributed by atoms with Crippen LogP contribution in [-0.2, 0) is 0 Å². The number of aromatic nitrogens is 1. The molecular formula is C16H23N3O2. The van der Waals surface area contributed by atoms with Gasteiger partial charge in [0, 0.05) is 24.8 Å². The van der Waals surface area contributed by atoms with Crippen molar-refractivity contribution in [3.05, 3.63) is 36.5 Å². The van der Waals surface area contributed by atoms with Crippen molar-refractivity contribution in [3.63, 3.8) is 0 Å². The number of hydrogen-bond acceptors (Lipinski definition) is 3. The van der Waals surface area contributed by atoms with Gasteiger partial charge in [0.05, 0.1) is 0 Å². The van der Waals surface area contributed by atoms with Gasteiger partial charge in [-0.2, -0.15) is 0 Å². The predicted octanol–water partition coefficient (Wildman–Crippen LogP) is 2.57. The molecule has 2 N–H and O–H groups in total. The highest BCUT2D eigenvalue weighted by Crippen LogP contribution is 2.22. The molecular weight excluding hydrogens is 266 g/mol. The summed E-state index contributed by atoms with van der Waals surface area (Å²) in [6.07, 6.45) is 7.39. The van der Waals surface area contributed by atoms with E-state index in [4.69, 9.17) is 4.74 Å². The van der Waals surface area contributed by atoms with E-state index >= 15 is 0 Å². The molecule has 1 aliphatic carbocycles. The van der Waals surface area contributed by atoms with Crippen LogP contribution >= 0.6 is 0 Å². The first-order valence-corrected chi connectivity index (χ1v) is 7.42. The summed E-state index contributed by atoms with van der Waals surface area (Å²) in [7, 11) is 0. The molecule has 1 fully saturated rings. The number of aryl methyl sites for hydroxylation is 1. The third-order valence-electron chi connectivity index (χ3n) is 3.59. The largest absolute Gasteiger partial charge is 0.474 e. The summed E-state index contributed by atoms with van der Waals surface area (Å²) in [4.78, 5) is 15.8. The molecule has 2 rings (SSSR count). The first-order chi connectivity index (χ1) is 10.2. The molecule has 0 spiro atoms. The number of pyridine rings is 1. The molecule has 0 aromatic carbocycles. The fourth-order valence-electron chi connectivity index (χ4n) is 2.42. The summed E-state index contributed by atoms with van der Waals surface area (Å²) in [5.74, 6) is 0.681. The third-order valence-corrected chi connectivity index (χ3v) is 3.59. The van der Waals surface area contributed by atoms with Crippen LogP contribution in [0.15, 0.2) is 31.0 Å². The number of nitrogens with one attached hydrogen (secondary N) is 2. The summed E-state index contributed by atoms with van der Waals surface area (Å²) in [6.45, 7) is 6.06. The van der Waals surface area contributed by atoms with Crippen LogP contribution in [0.2, 0.25) is 0 Å². The zero-order valence-corrected chi connectivity index (χ0v) is 12.5. The molecule has 0 aliphatic heterocycles. The van der Waals surface area contributed by atoms with Crippen molar-refractivity contribution in [2.45, 2.75) is 44.8 Å². The van der Waals surface area contributed by atoms with Gasteiger partial charge >= 0.3 is 6.03 Å². The molecule has 1 saturated carbocycles. The van der Waals surface area contributed by atoms with Crippen LogP contribution in [0.4, 0.5) is 4.79 Å². The Labute approximate surface area is 125 Å². The monoisotopic (exact) mass is 289 g/mol. The van der Waals surface area contributed by atoms with Gasteiger partial charge in [-0.3, -0.25) is 0 Å². The van der Waals surface area contributed by atoms with E-state index in [2.05, 4.69) is 22.2 Å². The van der Waals surface area contributed by atoms with E-state index in [1.807, 2.05) is 25.3 Å². The van der Waals surface area contributed by atoms with Crippen molar-refractivity contribution >= 4 is 6.03 Å². The van der Waals surface area contributed by atoms with Crippen LogP contribution in [-0.4, -0.2) is 29.7 Å². The Morgan fingerprint density at radius 1 is 1.43 bits per heavy atom. The van der Waals surface area contributed by atoms with Gasteiger partial charge in [0.25, 0.3) is 0 Å². The van der Waals surface area contributed by atoms with Crippen molar-refractivity contribution < 1.29 is 9.53 Å². The van der Waals surface area contributed by atoms with E-state index in [-0.39, 0.29) is 18.2 Å². The summed E-state index contributed by atoms with van der Waals surface area (Å²) >= 11 is 0. The Bertz CT molecular complexity index is 465. The molecule has 5 heteroatoms. The van der Waals surface area contributed by atoms with Crippen LogP contribution in [0.5, 0.6) is 5.88 Å². The Morgan fingerprint density at radius 3 is 2.81 bits per heavy atom. The average Bonchev–Trinajstić information content (AvgIpc) is 2.49. The smallest absolute Gasteiger partial charge is 0.315 e. The highest BCUT2D eigenvalue weighted by molar-refractivity contribution is 5.74. The zero-order valence-electron chi connectivity index (χ0n) is 12.5. The van der Waals surface area contributed by atoms with Crippen molar-refractivity contribution in [2.75, 3.05) is 6.54 Å². The Hall–Kier alpha value is -2.04. The molecule has 0 atom stereocenters. The third kappa shape index (κ3) is 5.10. The Kier molecular flexibility index (Phi) is 5.60. The van der Waals surface area contributed by atoms with E-state index in [0.29, 0.717) is 12.4 Å². The van der Waals surface area contributed by atoms with Crippen molar-refractivity contribution in [2.24, 2.45) is 0 Å². The average molecular weight is 289 g/mol. The van der Waals surface area contributed by atoms with Crippen LogP contribution in [0.3, 0.4) is 0 Å². The number of rotatable bonds is 5. The van der Waals surface area contributed by atoms with Crippen LogP contribution in [0.1, 0.15) is 31.2 Å². The predicted molar refractivity (Wildman–Crippen MR) is 82.4 cm³/mol. The van der Waals surface area contributed by atoms with Crippen LogP contribution in [0, 0.1) is 6.92 Å². The molecule has 0 radical (unpaired) electrons. The molecule has 21 heavy (non-hydrogen) atoms. The number of nitrogens with zero attached hydrogens (tertiary/aromatic N) is 1.